The standard InChI is InChI=1S/C15H22N2O3/c1-5-11(2)16-15(19)10-17(12(3)18)13-6-8-14(20-4)9-7-13/h6-9,11H,5,10H2,1-4H3,(H,16,19). The van der Waals surface area contributed by atoms with Crippen molar-refractivity contribution in [2.75, 3.05) is 18.6 Å². The molecule has 0 heterocycles. The molecule has 0 saturated carbocycles. The topological polar surface area (TPSA) is 58.6 Å². The van der Waals surface area contributed by atoms with Crippen molar-refractivity contribution in [3.63, 3.8) is 0 Å². The molecule has 0 radical (unpaired) electrons. The summed E-state index contributed by atoms with van der Waals surface area (Å²) >= 11 is 0. The van der Waals surface area contributed by atoms with Gasteiger partial charge in [-0.25, -0.2) is 0 Å². The van der Waals surface area contributed by atoms with Crippen LogP contribution in [0.15, 0.2) is 24.3 Å². The first-order chi connectivity index (χ1) is 9.47. The van der Waals surface area contributed by atoms with Crippen LogP contribution in [-0.2, 0) is 9.59 Å². The summed E-state index contributed by atoms with van der Waals surface area (Å²) < 4.78 is 5.07. The minimum absolute atomic E-state index is 0.0198. The summed E-state index contributed by atoms with van der Waals surface area (Å²) in [5.74, 6) is 0.376. The van der Waals surface area contributed by atoms with Gasteiger partial charge in [-0.3, -0.25) is 9.59 Å². The molecular weight excluding hydrogens is 256 g/mol. The lowest BCUT2D eigenvalue weighted by atomic mass is 10.2. The highest BCUT2D eigenvalue weighted by atomic mass is 16.5. The largest absolute Gasteiger partial charge is 0.497 e. The van der Waals surface area contributed by atoms with Crippen molar-refractivity contribution in [1.29, 1.82) is 0 Å². The van der Waals surface area contributed by atoms with E-state index >= 15 is 0 Å². The smallest absolute Gasteiger partial charge is 0.240 e. The molecule has 0 saturated heterocycles. The second-order valence-electron chi connectivity index (χ2n) is 4.68. The maximum atomic E-state index is 11.9. The van der Waals surface area contributed by atoms with Gasteiger partial charge in [0.15, 0.2) is 0 Å². The molecule has 0 aromatic heterocycles. The molecule has 0 aliphatic rings. The average Bonchev–Trinajstić information content (AvgIpc) is 2.44. The van der Waals surface area contributed by atoms with Crippen LogP contribution in [0.4, 0.5) is 5.69 Å². The van der Waals surface area contributed by atoms with Crippen LogP contribution < -0.4 is 15.0 Å². The summed E-state index contributed by atoms with van der Waals surface area (Å²) in [6.07, 6.45) is 0.856. The Bertz CT molecular complexity index is 457. The molecule has 5 nitrogen and oxygen atoms in total. The van der Waals surface area contributed by atoms with Crippen molar-refractivity contribution in [1.82, 2.24) is 5.32 Å². The van der Waals surface area contributed by atoms with Gasteiger partial charge < -0.3 is 15.0 Å². The third kappa shape index (κ3) is 4.57. The third-order valence-corrected chi connectivity index (χ3v) is 3.09. The Morgan fingerprint density at radius 1 is 1.30 bits per heavy atom. The van der Waals surface area contributed by atoms with Gasteiger partial charge in [0, 0.05) is 18.7 Å². The van der Waals surface area contributed by atoms with E-state index in [0.29, 0.717) is 11.4 Å². The number of carbonyl (C=O) groups is 2. The van der Waals surface area contributed by atoms with Crippen LogP contribution in [0, 0.1) is 0 Å². The molecule has 1 aromatic carbocycles. The van der Waals surface area contributed by atoms with Crippen LogP contribution in [0.5, 0.6) is 5.75 Å². The lowest BCUT2D eigenvalue weighted by molar-refractivity contribution is -0.123. The molecule has 110 valence electrons. The number of amides is 2. The maximum Gasteiger partial charge on any atom is 0.240 e. The Kier molecular flexibility index (Phi) is 6.03. The van der Waals surface area contributed by atoms with Crippen LogP contribution in [0.2, 0.25) is 0 Å². The number of methoxy groups -OCH3 is 1. The molecule has 0 aliphatic heterocycles. The van der Waals surface area contributed by atoms with Gasteiger partial charge in [0.2, 0.25) is 11.8 Å². The molecule has 5 heteroatoms. The van der Waals surface area contributed by atoms with E-state index in [1.165, 1.54) is 11.8 Å². The average molecular weight is 278 g/mol. The molecular formula is C15H22N2O3. The van der Waals surface area contributed by atoms with Crippen molar-refractivity contribution in [3.8, 4) is 5.75 Å². The summed E-state index contributed by atoms with van der Waals surface area (Å²) in [6, 6.07) is 7.15. The first-order valence-corrected chi connectivity index (χ1v) is 6.69. The van der Waals surface area contributed by atoms with Crippen molar-refractivity contribution < 1.29 is 14.3 Å². The minimum atomic E-state index is -0.172. The van der Waals surface area contributed by atoms with E-state index in [2.05, 4.69) is 5.32 Å². The molecule has 1 rings (SSSR count). The first-order valence-electron chi connectivity index (χ1n) is 6.69. The predicted molar refractivity (Wildman–Crippen MR) is 78.9 cm³/mol. The van der Waals surface area contributed by atoms with E-state index in [1.807, 2.05) is 13.8 Å². The molecule has 0 spiro atoms. The fourth-order valence-corrected chi connectivity index (χ4v) is 1.71. The quantitative estimate of drug-likeness (QED) is 0.865. The van der Waals surface area contributed by atoms with Gasteiger partial charge in [0.25, 0.3) is 0 Å². The van der Waals surface area contributed by atoms with Crippen LogP contribution in [0.25, 0.3) is 0 Å². The van der Waals surface area contributed by atoms with E-state index in [1.54, 1.807) is 31.4 Å². The molecule has 0 fully saturated rings. The summed E-state index contributed by atoms with van der Waals surface area (Å²) in [4.78, 5) is 25.0. The Labute approximate surface area is 119 Å². The highest BCUT2D eigenvalue weighted by molar-refractivity contribution is 5.97. The normalized spacial score (nSPS) is 11.6. The number of ether oxygens (including phenoxy) is 1. The molecule has 0 aliphatic carbocycles. The van der Waals surface area contributed by atoms with E-state index in [0.717, 1.165) is 6.42 Å². The summed E-state index contributed by atoms with van der Waals surface area (Å²) in [5, 5.41) is 2.85. The highest BCUT2D eigenvalue weighted by Crippen LogP contribution is 2.19. The second kappa shape index (κ2) is 7.53. The van der Waals surface area contributed by atoms with Crippen molar-refractivity contribution in [3.05, 3.63) is 24.3 Å². The van der Waals surface area contributed by atoms with Gasteiger partial charge in [-0.15, -0.1) is 0 Å². The van der Waals surface area contributed by atoms with Crippen LogP contribution >= 0.6 is 0 Å². The molecule has 1 aromatic rings. The van der Waals surface area contributed by atoms with Gasteiger partial charge in [-0.1, -0.05) is 6.92 Å². The molecule has 2 amide bonds. The number of benzene rings is 1. The van der Waals surface area contributed by atoms with Crippen LogP contribution in [-0.4, -0.2) is 31.5 Å². The van der Waals surface area contributed by atoms with Crippen LogP contribution in [0.3, 0.4) is 0 Å². The zero-order chi connectivity index (χ0) is 15.1. The maximum absolute atomic E-state index is 11.9. The van der Waals surface area contributed by atoms with E-state index in [9.17, 15) is 9.59 Å². The molecule has 0 bridgehead atoms. The third-order valence-electron chi connectivity index (χ3n) is 3.09. The van der Waals surface area contributed by atoms with Crippen molar-refractivity contribution >= 4 is 17.5 Å². The van der Waals surface area contributed by atoms with Crippen LogP contribution in [0.1, 0.15) is 27.2 Å². The number of rotatable bonds is 6. The SMILES string of the molecule is CCC(C)NC(=O)CN(C(C)=O)c1ccc(OC)cc1. The van der Waals surface area contributed by atoms with Crippen molar-refractivity contribution in [2.45, 2.75) is 33.2 Å². The molecule has 20 heavy (non-hydrogen) atoms. The van der Waals surface area contributed by atoms with Gasteiger partial charge >= 0.3 is 0 Å². The van der Waals surface area contributed by atoms with Gasteiger partial charge in [0.1, 0.15) is 12.3 Å². The zero-order valence-corrected chi connectivity index (χ0v) is 12.5. The number of hydrogen-bond acceptors (Lipinski definition) is 3. The number of hydrogen-bond donors (Lipinski definition) is 1. The summed E-state index contributed by atoms with van der Waals surface area (Å²) in [5.41, 5.74) is 0.678. The zero-order valence-electron chi connectivity index (χ0n) is 12.5. The monoisotopic (exact) mass is 278 g/mol. The number of nitrogens with zero attached hydrogens (tertiary/aromatic N) is 1. The number of nitrogens with one attached hydrogen (secondary N) is 1. The van der Waals surface area contributed by atoms with E-state index < -0.39 is 0 Å². The Morgan fingerprint density at radius 3 is 2.35 bits per heavy atom. The Balaban J connectivity index is 2.78. The fourth-order valence-electron chi connectivity index (χ4n) is 1.71. The van der Waals surface area contributed by atoms with Crippen molar-refractivity contribution in [2.24, 2.45) is 0 Å². The second-order valence-corrected chi connectivity index (χ2v) is 4.68. The molecule has 1 N–H and O–H groups in total. The minimum Gasteiger partial charge on any atom is -0.497 e. The lowest BCUT2D eigenvalue weighted by Gasteiger charge is -2.22. The summed E-state index contributed by atoms with van der Waals surface area (Å²) in [7, 11) is 1.58. The lowest BCUT2D eigenvalue weighted by Crippen LogP contribution is -2.42. The number of anilines is 1. The molecule has 1 atom stereocenters. The highest BCUT2D eigenvalue weighted by Gasteiger charge is 2.16. The molecule has 1 unspecified atom stereocenters. The Hall–Kier alpha value is -2.04. The number of carbonyl (C=O) groups excluding carboxylic acids is 2. The Morgan fingerprint density at radius 2 is 1.90 bits per heavy atom. The van der Waals surface area contributed by atoms with Gasteiger partial charge in [0.05, 0.1) is 7.11 Å². The van der Waals surface area contributed by atoms with Gasteiger partial charge in [-0.05, 0) is 37.6 Å². The fraction of sp³-hybridized carbons (Fsp3) is 0.467. The predicted octanol–water partition coefficient (Wildman–Crippen LogP) is 1.96. The van der Waals surface area contributed by atoms with E-state index in [-0.39, 0.29) is 24.4 Å². The summed E-state index contributed by atoms with van der Waals surface area (Å²) in [6.45, 7) is 5.40. The van der Waals surface area contributed by atoms with E-state index in [4.69, 9.17) is 4.74 Å². The first kappa shape index (κ1) is 16.0. The van der Waals surface area contributed by atoms with Gasteiger partial charge in [-0.2, -0.15) is 0 Å².